The summed E-state index contributed by atoms with van der Waals surface area (Å²) >= 11 is 1.60. The fourth-order valence-electron chi connectivity index (χ4n) is 4.13. The van der Waals surface area contributed by atoms with Gasteiger partial charge in [-0.2, -0.15) is 0 Å². The van der Waals surface area contributed by atoms with Crippen LogP contribution < -0.4 is 0 Å². The predicted octanol–water partition coefficient (Wildman–Crippen LogP) is 9.66. The second-order valence-corrected chi connectivity index (χ2v) is 10.2. The van der Waals surface area contributed by atoms with Crippen molar-refractivity contribution in [3.63, 3.8) is 0 Å². The van der Waals surface area contributed by atoms with Gasteiger partial charge in [-0.1, -0.05) is 121 Å². The van der Waals surface area contributed by atoms with E-state index in [1.54, 1.807) is 17.8 Å². The Balaban J connectivity index is 1.44. The van der Waals surface area contributed by atoms with Gasteiger partial charge in [0, 0.05) is 9.79 Å². The minimum absolute atomic E-state index is 0.0696. The van der Waals surface area contributed by atoms with E-state index in [0.717, 1.165) is 16.2 Å². The lowest BCUT2D eigenvalue weighted by atomic mass is 10.0. The molecule has 0 aromatic heterocycles. The van der Waals surface area contributed by atoms with E-state index < -0.39 is 0 Å². The normalized spacial score (nSPS) is 11.2. The number of aryl methyl sites for hydroxylation is 1. The number of hydrogen-bond donors (Lipinski definition) is 2. The maximum atomic E-state index is 9.62. The van der Waals surface area contributed by atoms with Crippen LogP contribution in [0.5, 0.6) is 11.5 Å². The Morgan fingerprint density at radius 1 is 0.531 bits per heavy atom. The van der Waals surface area contributed by atoms with E-state index in [0.29, 0.717) is 0 Å². The van der Waals surface area contributed by atoms with Crippen LogP contribution in [0.2, 0.25) is 0 Å². The Kier molecular flexibility index (Phi) is 14.1. The average molecular weight is 457 g/mol. The third kappa shape index (κ3) is 11.9. The van der Waals surface area contributed by atoms with Gasteiger partial charge in [0.05, 0.1) is 0 Å². The lowest BCUT2D eigenvalue weighted by Gasteiger charge is -2.06. The zero-order chi connectivity index (χ0) is 22.9. The first kappa shape index (κ1) is 26.6. The monoisotopic (exact) mass is 456 g/mol. The summed E-state index contributed by atoms with van der Waals surface area (Å²) in [6.45, 7) is 2.29. The molecular formula is C29H44O2S. The summed E-state index contributed by atoms with van der Waals surface area (Å²) < 4.78 is 0. The largest absolute Gasteiger partial charge is 0.504 e. The second kappa shape index (κ2) is 16.9. The quantitative estimate of drug-likeness (QED) is 0.173. The fourth-order valence-corrected chi connectivity index (χ4v) is 4.98. The number of benzene rings is 2. The van der Waals surface area contributed by atoms with E-state index in [1.165, 1.54) is 108 Å². The van der Waals surface area contributed by atoms with Crippen LogP contribution in [-0.2, 0) is 6.42 Å². The van der Waals surface area contributed by atoms with Crippen LogP contribution in [0, 0.1) is 0 Å². The van der Waals surface area contributed by atoms with Gasteiger partial charge in [0.15, 0.2) is 11.5 Å². The lowest BCUT2D eigenvalue weighted by molar-refractivity contribution is 0.402. The molecule has 0 unspecified atom stereocenters. The molecule has 2 aromatic rings. The predicted molar refractivity (Wildman–Crippen MR) is 139 cm³/mol. The van der Waals surface area contributed by atoms with Crippen LogP contribution in [-0.4, -0.2) is 10.2 Å². The maximum Gasteiger partial charge on any atom is 0.158 e. The molecule has 0 saturated heterocycles. The maximum absolute atomic E-state index is 9.62. The summed E-state index contributed by atoms with van der Waals surface area (Å²) in [5.74, 6) is -0.145. The van der Waals surface area contributed by atoms with Crippen molar-refractivity contribution in [2.45, 2.75) is 119 Å². The van der Waals surface area contributed by atoms with Crippen LogP contribution >= 0.6 is 11.8 Å². The van der Waals surface area contributed by atoms with E-state index in [4.69, 9.17) is 0 Å². The molecule has 32 heavy (non-hydrogen) atoms. The van der Waals surface area contributed by atoms with Crippen molar-refractivity contribution in [1.29, 1.82) is 0 Å². The Labute approximate surface area is 200 Å². The van der Waals surface area contributed by atoms with Crippen LogP contribution in [0.25, 0.3) is 0 Å². The van der Waals surface area contributed by atoms with Gasteiger partial charge >= 0.3 is 0 Å². The number of unbranched alkanes of at least 4 members (excludes halogenated alkanes) is 14. The van der Waals surface area contributed by atoms with Gasteiger partial charge in [-0.15, -0.1) is 0 Å². The van der Waals surface area contributed by atoms with Crippen molar-refractivity contribution in [2.75, 3.05) is 0 Å². The van der Waals surface area contributed by atoms with Gasteiger partial charge < -0.3 is 10.2 Å². The molecule has 3 heteroatoms. The molecule has 0 radical (unpaired) electrons. The SMILES string of the molecule is CCCCCCCCCCCCCCCCCc1ccc(Sc2ccc(O)c(O)c2)cc1. The molecule has 0 spiro atoms. The highest BCUT2D eigenvalue weighted by Gasteiger charge is 2.03. The molecule has 178 valence electrons. The second-order valence-electron chi connectivity index (χ2n) is 9.10. The average Bonchev–Trinajstić information content (AvgIpc) is 2.80. The third-order valence-electron chi connectivity index (χ3n) is 6.17. The standard InChI is InChI=1S/C29H44O2S/c1-2-3-4-5-6-7-8-9-10-11-12-13-14-15-16-17-25-18-20-26(21-19-25)32-27-22-23-28(30)29(31)24-27/h18-24,30-31H,2-17H2,1H3. The van der Waals surface area contributed by atoms with Crippen molar-refractivity contribution >= 4 is 11.8 Å². The molecule has 0 heterocycles. The summed E-state index contributed by atoms with van der Waals surface area (Å²) in [6, 6.07) is 13.7. The number of hydrogen-bond acceptors (Lipinski definition) is 3. The summed E-state index contributed by atoms with van der Waals surface area (Å²) in [6.07, 6.45) is 22.2. The summed E-state index contributed by atoms with van der Waals surface area (Å²) in [4.78, 5) is 2.07. The number of rotatable bonds is 18. The number of aromatic hydroxyl groups is 2. The zero-order valence-electron chi connectivity index (χ0n) is 20.2. The van der Waals surface area contributed by atoms with Crippen molar-refractivity contribution in [3.05, 3.63) is 48.0 Å². The molecule has 0 aliphatic heterocycles. The summed E-state index contributed by atoms with van der Waals surface area (Å²) in [5, 5.41) is 19.0. The van der Waals surface area contributed by atoms with Crippen LogP contribution in [0.1, 0.15) is 109 Å². The lowest BCUT2D eigenvalue weighted by Crippen LogP contribution is -1.87. The van der Waals surface area contributed by atoms with E-state index in [-0.39, 0.29) is 11.5 Å². The Hall–Kier alpha value is -1.61. The van der Waals surface area contributed by atoms with E-state index >= 15 is 0 Å². The first-order chi connectivity index (χ1) is 15.7. The van der Waals surface area contributed by atoms with Crippen molar-refractivity contribution < 1.29 is 10.2 Å². The van der Waals surface area contributed by atoms with E-state index in [1.807, 2.05) is 6.07 Å². The minimum Gasteiger partial charge on any atom is -0.504 e. The van der Waals surface area contributed by atoms with Gasteiger partial charge in [-0.25, -0.2) is 0 Å². The molecule has 0 amide bonds. The molecule has 0 fully saturated rings. The minimum atomic E-state index is -0.0757. The molecule has 0 bridgehead atoms. The van der Waals surface area contributed by atoms with E-state index in [2.05, 4.69) is 31.2 Å². The highest BCUT2D eigenvalue weighted by Crippen LogP contribution is 2.34. The zero-order valence-corrected chi connectivity index (χ0v) is 21.0. The number of phenols is 2. The van der Waals surface area contributed by atoms with E-state index in [9.17, 15) is 10.2 Å². The molecule has 0 saturated carbocycles. The first-order valence-electron chi connectivity index (χ1n) is 13.0. The highest BCUT2D eigenvalue weighted by molar-refractivity contribution is 7.99. The molecule has 2 N–H and O–H groups in total. The third-order valence-corrected chi connectivity index (χ3v) is 7.17. The van der Waals surface area contributed by atoms with Gasteiger partial charge in [-0.3, -0.25) is 0 Å². The Morgan fingerprint density at radius 3 is 1.50 bits per heavy atom. The Morgan fingerprint density at radius 2 is 1.00 bits per heavy atom. The number of phenolic OH excluding ortho intramolecular Hbond substituents is 2. The van der Waals surface area contributed by atoms with Crippen LogP contribution in [0.3, 0.4) is 0 Å². The Bertz CT molecular complexity index is 726. The molecule has 0 aliphatic rings. The van der Waals surface area contributed by atoms with Crippen LogP contribution in [0.4, 0.5) is 0 Å². The molecular weight excluding hydrogens is 412 g/mol. The molecule has 2 aromatic carbocycles. The molecule has 2 rings (SSSR count). The van der Waals surface area contributed by atoms with Crippen molar-refractivity contribution in [2.24, 2.45) is 0 Å². The van der Waals surface area contributed by atoms with Gasteiger partial charge in [0.25, 0.3) is 0 Å². The summed E-state index contributed by atoms with van der Waals surface area (Å²) in [5.41, 5.74) is 1.40. The van der Waals surface area contributed by atoms with Gasteiger partial charge in [0.1, 0.15) is 0 Å². The highest BCUT2D eigenvalue weighted by atomic mass is 32.2. The molecule has 2 nitrogen and oxygen atoms in total. The summed E-state index contributed by atoms with van der Waals surface area (Å²) in [7, 11) is 0. The van der Waals surface area contributed by atoms with Gasteiger partial charge in [-0.05, 0) is 48.7 Å². The fraction of sp³-hybridized carbons (Fsp3) is 0.586. The van der Waals surface area contributed by atoms with Crippen LogP contribution in [0.15, 0.2) is 52.3 Å². The first-order valence-corrected chi connectivity index (χ1v) is 13.8. The topological polar surface area (TPSA) is 40.5 Å². The van der Waals surface area contributed by atoms with Crippen molar-refractivity contribution in [1.82, 2.24) is 0 Å². The van der Waals surface area contributed by atoms with Gasteiger partial charge in [0.2, 0.25) is 0 Å². The molecule has 0 aliphatic carbocycles. The van der Waals surface area contributed by atoms with Crippen molar-refractivity contribution in [3.8, 4) is 11.5 Å². The smallest absolute Gasteiger partial charge is 0.158 e. The molecule has 0 atom stereocenters.